The molecule has 1 aliphatic rings. The van der Waals surface area contributed by atoms with Gasteiger partial charge in [0.2, 0.25) is 0 Å². The number of esters is 1. The quantitative estimate of drug-likeness (QED) is 0.375. The first-order valence-electron chi connectivity index (χ1n) is 6.08. The molecular weight excluding hydrogens is 240 g/mol. The van der Waals surface area contributed by atoms with Gasteiger partial charge in [-0.25, -0.2) is 4.79 Å². The lowest BCUT2D eigenvalue weighted by Gasteiger charge is -2.23. The molecule has 0 N–H and O–H groups in total. The van der Waals surface area contributed by atoms with Gasteiger partial charge in [-0.15, -0.1) is 0 Å². The highest BCUT2D eigenvalue weighted by atomic mass is 16.6. The van der Waals surface area contributed by atoms with E-state index in [0.717, 1.165) is 0 Å². The molecule has 0 saturated carbocycles. The average molecular weight is 258 g/mol. The number of Topliss-reactive ketones (excluding diaryl/α,β-unsaturated/α-hetero) is 1. The third kappa shape index (κ3) is 4.10. The molecule has 1 atom stereocenters. The Kier molecular flexibility index (Phi) is 6.35. The smallest absolute Gasteiger partial charge is 0.355 e. The largest absolute Gasteiger partial charge is 0.463 e. The molecule has 1 heterocycles. The predicted molar refractivity (Wildman–Crippen MR) is 60.7 cm³/mol. The molecule has 1 aliphatic heterocycles. The van der Waals surface area contributed by atoms with Crippen molar-refractivity contribution >= 4 is 18.2 Å². The summed E-state index contributed by atoms with van der Waals surface area (Å²) in [6.07, 6.45) is 0.291. The van der Waals surface area contributed by atoms with Crippen LogP contribution < -0.4 is 0 Å². The van der Waals surface area contributed by atoms with Crippen molar-refractivity contribution in [1.82, 2.24) is 0 Å². The molecule has 0 bridgehead atoms. The van der Waals surface area contributed by atoms with Gasteiger partial charge in [0, 0.05) is 19.1 Å². The fourth-order valence-corrected chi connectivity index (χ4v) is 1.77. The van der Waals surface area contributed by atoms with Crippen molar-refractivity contribution in [3.05, 3.63) is 0 Å². The summed E-state index contributed by atoms with van der Waals surface area (Å²) in [6, 6.07) is 0. The summed E-state index contributed by atoms with van der Waals surface area (Å²) in [5, 5.41) is 0. The average Bonchev–Trinajstić information content (AvgIpc) is 2.42. The van der Waals surface area contributed by atoms with Crippen LogP contribution in [0.4, 0.5) is 0 Å². The van der Waals surface area contributed by atoms with Crippen LogP contribution in [0.1, 0.15) is 26.2 Å². The van der Waals surface area contributed by atoms with E-state index in [2.05, 4.69) is 4.74 Å². The number of hydrogen-bond acceptors (Lipinski definition) is 6. The van der Waals surface area contributed by atoms with Crippen LogP contribution in [0.15, 0.2) is 0 Å². The van der Waals surface area contributed by atoms with Gasteiger partial charge < -0.3 is 14.2 Å². The Morgan fingerprint density at radius 1 is 1.39 bits per heavy atom. The van der Waals surface area contributed by atoms with Crippen molar-refractivity contribution in [2.75, 3.05) is 19.8 Å². The van der Waals surface area contributed by atoms with Crippen LogP contribution in [-0.2, 0) is 28.6 Å². The lowest BCUT2D eigenvalue weighted by atomic mass is 9.92. The fraction of sp³-hybridized carbons (Fsp3) is 0.750. The standard InChI is InChI=1S/C12H18O6/c1-2-5-17-12(15)11(18-8-13)10(14)9-3-6-16-7-4-9/h8-9,11H,2-7H2,1H3. The van der Waals surface area contributed by atoms with Crippen LogP contribution in [0.25, 0.3) is 0 Å². The summed E-state index contributed by atoms with van der Waals surface area (Å²) in [5.41, 5.74) is 0. The van der Waals surface area contributed by atoms with E-state index in [1.54, 1.807) is 0 Å². The molecule has 1 unspecified atom stereocenters. The first-order chi connectivity index (χ1) is 8.70. The zero-order chi connectivity index (χ0) is 13.4. The van der Waals surface area contributed by atoms with Gasteiger partial charge in [-0.3, -0.25) is 9.59 Å². The number of hydrogen-bond donors (Lipinski definition) is 0. The van der Waals surface area contributed by atoms with Crippen LogP contribution in [0, 0.1) is 5.92 Å². The second-order valence-electron chi connectivity index (χ2n) is 4.07. The number of ether oxygens (including phenoxy) is 3. The Bertz CT molecular complexity index is 295. The van der Waals surface area contributed by atoms with Crippen molar-refractivity contribution in [3.8, 4) is 0 Å². The summed E-state index contributed by atoms with van der Waals surface area (Å²) in [5.74, 6) is -1.50. The summed E-state index contributed by atoms with van der Waals surface area (Å²) >= 11 is 0. The van der Waals surface area contributed by atoms with Crippen LogP contribution in [0.2, 0.25) is 0 Å². The Morgan fingerprint density at radius 2 is 2.06 bits per heavy atom. The number of ketones is 1. The van der Waals surface area contributed by atoms with Crippen LogP contribution in [0.5, 0.6) is 0 Å². The lowest BCUT2D eigenvalue weighted by Crippen LogP contribution is -2.40. The zero-order valence-electron chi connectivity index (χ0n) is 10.4. The van der Waals surface area contributed by atoms with E-state index < -0.39 is 17.9 Å². The second-order valence-corrected chi connectivity index (χ2v) is 4.07. The molecule has 6 heteroatoms. The van der Waals surface area contributed by atoms with E-state index in [1.807, 2.05) is 6.92 Å². The Morgan fingerprint density at radius 3 is 2.61 bits per heavy atom. The van der Waals surface area contributed by atoms with Crippen molar-refractivity contribution < 1.29 is 28.6 Å². The molecule has 0 aromatic heterocycles. The number of rotatable bonds is 7. The van der Waals surface area contributed by atoms with Gasteiger partial charge in [-0.2, -0.15) is 0 Å². The lowest BCUT2D eigenvalue weighted by molar-refractivity contribution is -0.167. The van der Waals surface area contributed by atoms with Crippen LogP contribution in [-0.4, -0.2) is 44.1 Å². The molecule has 1 rings (SSSR count). The van der Waals surface area contributed by atoms with Crippen molar-refractivity contribution in [3.63, 3.8) is 0 Å². The normalized spacial score (nSPS) is 17.8. The van der Waals surface area contributed by atoms with Gasteiger partial charge in [-0.05, 0) is 19.3 Å². The first-order valence-corrected chi connectivity index (χ1v) is 6.08. The Hall–Kier alpha value is -1.43. The molecule has 0 radical (unpaired) electrons. The van der Waals surface area contributed by atoms with Gasteiger partial charge in [0.05, 0.1) is 6.61 Å². The van der Waals surface area contributed by atoms with Gasteiger partial charge in [-0.1, -0.05) is 6.92 Å². The maximum absolute atomic E-state index is 12.1. The molecule has 0 aromatic rings. The van der Waals surface area contributed by atoms with E-state index in [9.17, 15) is 14.4 Å². The first kappa shape index (κ1) is 14.6. The maximum Gasteiger partial charge on any atom is 0.355 e. The minimum absolute atomic E-state index is 0.106. The van der Waals surface area contributed by atoms with E-state index in [1.165, 1.54) is 0 Å². The minimum atomic E-state index is -1.43. The second kappa shape index (κ2) is 7.81. The minimum Gasteiger partial charge on any atom is -0.463 e. The summed E-state index contributed by atoms with van der Waals surface area (Å²) in [6.45, 7) is 3.11. The third-order valence-electron chi connectivity index (χ3n) is 2.74. The molecule has 0 aromatic carbocycles. The van der Waals surface area contributed by atoms with Gasteiger partial charge >= 0.3 is 5.97 Å². The molecule has 102 valence electrons. The van der Waals surface area contributed by atoms with Crippen molar-refractivity contribution in [2.24, 2.45) is 5.92 Å². The summed E-state index contributed by atoms with van der Waals surface area (Å²) in [4.78, 5) is 34.0. The molecule has 1 saturated heterocycles. The maximum atomic E-state index is 12.1. The SMILES string of the molecule is CCCOC(=O)C(OC=O)C(=O)C1CCOCC1. The molecular formula is C12H18O6. The van der Waals surface area contributed by atoms with E-state index >= 15 is 0 Å². The topological polar surface area (TPSA) is 78.9 Å². The highest BCUT2D eigenvalue weighted by molar-refractivity contribution is 6.03. The zero-order valence-corrected chi connectivity index (χ0v) is 10.4. The molecule has 0 spiro atoms. The number of carbonyl (C=O) groups is 3. The molecule has 0 aliphatic carbocycles. The van der Waals surface area contributed by atoms with Crippen molar-refractivity contribution in [2.45, 2.75) is 32.3 Å². The Labute approximate surface area is 106 Å². The van der Waals surface area contributed by atoms with E-state index in [0.29, 0.717) is 32.5 Å². The van der Waals surface area contributed by atoms with Crippen LogP contribution >= 0.6 is 0 Å². The molecule has 0 amide bonds. The summed E-state index contributed by atoms with van der Waals surface area (Å²) in [7, 11) is 0. The van der Waals surface area contributed by atoms with Gasteiger partial charge in [0.15, 0.2) is 5.78 Å². The van der Waals surface area contributed by atoms with Gasteiger partial charge in [0.1, 0.15) is 0 Å². The van der Waals surface area contributed by atoms with Crippen molar-refractivity contribution in [1.29, 1.82) is 0 Å². The van der Waals surface area contributed by atoms with Crippen LogP contribution in [0.3, 0.4) is 0 Å². The summed E-state index contributed by atoms with van der Waals surface area (Å²) < 4.78 is 14.5. The number of carbonyl (C=O) groups excluding carboxylic acids is 3. The predicted octanol–water partition coefficient (Wildman–Crippen LogP) is 0.477. The van der Waals surface area contributed by atoms with E-state index in [-0.39, 0.29) is 19.0 Å². The van der Waals surface area contributed by atoms with E-state index in [4.69, 9.17) is 9.47 Å². The van der Waals surface area contributed by atoms with Gasteiger partial charge in [0.25, 0.3) is 12.6 Å². The molecule has 18 heavy (non-hydrogen) atoms. The third-order valence-corrected chi connectivity index (χ3v) is 2.74. The highest BCUT2D eigenvalue weighted by Crippen LogP contribution is 2.18. The molecule has 1 fully saturated rings. The fourth-order valence-electron chi connectivity index (χ4n) is 1.77. The highest BCUT2D eigenvalue weighted by Gasteiger charge is 2.35. The Balaban J connectivity index is 2.61. The monoisotopic (exact) mass is 258 g/mol. The molecule has 6 nitrogen and oxygen atoms in total.